The predicted molar refractivity (Wildman–Crippen MR) is 101 cm³/mol. The molecule has 0 aromatic carbocycles. The fourth-order valence-corrected chi connectivity index (χ4v) is 4.67. The number of amides is 2. The third kappa shape index (κ3) is 3.64. The first-order chi connectivity index (χ1) is 13.0. The summed E-state index contributed by atoms with van der Waals surface area (Å²) in [6.45, 7) is 5.59. The summed E-state index contributed by atoms with van der Waals surface area (Å²) in [6, 6.07) is 1.95. The van der Waals surface area contributed by atoms with Crippen LogP contribution in [0.15, 0.2) is 6.07 Å². The summed E-state index contributed by atoms with van der Waals surface area (Å²) in [6.07, 6.45) is 6.83. The Kier molecular flexibility index (Phi) is 4.78. The van der Waals surface area contributed by atoms with E-state index in [9.17, 15) is 9.59 Å². The van der Waals surface area contributed by atoms with Crippen LogP contribution in [-0.4, -0.2) is 52.1 Å². The van der Waals surface area contributed by atoms with Gasteiger partial charge in [-0.3, -0.25) is 9.69 Å². The molecule has 1 aromatic rings. The van der Waals surface area contributed by atoms with E-state index in [1.165, 1.54) is 6.42 Å². The first-order valence-electron chi connectivity index (χ1n) is 10.1. The summed E-state index contributed by atoms with van der Waals surface area (Å²) in [5, 5.41) is 0. The van der Waals surface area contributed by atoms with Crippen molar-refractivity contribution in [2.24, 2.45) is 0 Å². The maximum Gasteiger partial charge on any atom is 0.416 e. The first kappa shape index (κ1) is 18.2. The second-order valence-corrected chi connectivity index (χ2v) is 8.18. The zero-order valence-electron chi connectivity index (χ0n) is 16.2. The van der Waals surface area contributed by atoms with Crippen molar-refractivity contribution in [2.75, 3.05) is 24.5 Å². The fourth-order valence-electron chi connectivity index (χ4n) is 4.67. The smallest absolute Gasteiger partial charge is 0.416 e. The number of piperidine rings is 1. The molecule has 0 N–H and O–H groups in total. The highest BCUT2D eigenvalue weighted by molar-refractivity contribution is 5.89. The Morgan fingerprint density at radius 2 is 1.89 bits per heavy atom. The van der Waals surface area contributed by atoms with Crippen LogP contribution in [-0.2, 0) is 9.53 Å². The van der Waals surface area contributed by atoms with Crippen LogP contribution in [0.25, 0.3) is 0 Å². The molecule has 1 aromatic heterocycles. The minimum Gasteiger partial charge on any atom is -0.441 e. The molecule has 4 rings (SSSR count). The Hall–Kier alpha value is -2.18. The molecule has 7 heteroatoms. The SMILES string of the molecule is CC(=O)N1CCC(c2cc(N3CC4(CCCCC4)OC3=O)nc(C)n2)CC1. The number of carbonyl (C=O) groups excluding carboxylic acids is 2. The monoisotopic (exact) mass is 372 g/mol. The quantitative estimate of drug-likeness (QED) is 0.797. The number of likely N-dealkylation sites (tertiary alicyclic amines) is 1. The van der Waals surface area contributed by atoms with Gasteiger partial charge in [-0.2, -0.15) is 0 Å². The van der Waals surface area contributed by atoms with Gasteiger partial charge in [0.05, 0.1) is 6.54 Å². The molecule has 7 nitrogen and oxygen atoms in total. The lowest BCUT2D eigenvalue weighted by Crippen LogP contribution is -2.37. The van der Waals surface area contributed by atoms with Gasteiger partial charge in [-0.05, 0) is 45.4 Å². The molecule has 3 heterocycles. The van der Waals surface area contributed by atoms with E-state index in [0.717, 1.165) is 57.3 Å². The normalized spacial score (nSPS) is 23.0. The number of rotatable bonds is 2. The van der Waals surface area contributed by atoms with Crippen molar-refractivity contribution >= 4 is 17.8 Å². The maximum absolute atomic E-state index is 12.6. The number of hydrogen-bond donors (Lipinski definition) is 0. The van der Waals surface area contributed by atoms with E-state index >= 15 is 0 Å². The average molecular weight is 372 g/mol. The maximum atomic E-state index is 12.6. The summed E-state index contributed by atoms with van der Waals surface area (Å²) in [5.74, 6) is 1.75. The number of aryl methyl sites for hydroxylation is 1. The van der Waals surface area contributed by atoms with Crippen molar-refractivity contribution in [3.05, 3.63) is 17.6 Å². The Balaban J connectivity index is 1.53. The summed E-state index contributed by atoms with van der Waals surface area (Å²) in [7, 11) is 0. The van der Waals surface area contributed by atoms with Crippen LogP contribution in [0.1, 0.15) is 69.3 Å². The third-order valence-electron chi connectivity index (χ3n) is 6.21. The van der Waals surface area contributed by atoms with Crippen molar-refractivity contribution in [1.29, 1.82) is 0 Å². The van der Waals surface area contributed by atoms with Crippen molar-refractivity contribution in [2.45, 2.75) is 70.3 Å². The van der Waals surface area contributed by atoms with Gasteiger partial charge in [-0.15, -0.1) is 0 Å². The topological polar surface area (TPSA) is 75.6 Å². The molecule has 0 atom stereocenters. The zero-order chi connectivity index (χ0) is 19.0. The molecular weight excluding hydrogens is 344 g/mol. The lowest BCUT2D eigenvalue weighted by atomic mass is 9.85. The number of hydrogen-bond acceptors (Lipinski definition) is 5. The summed E-state index contributed by atoms with van der Waals surface area (Å²) >= 11 is 0. The molecule has 1 spiro atoms. The number of ether oxygens (including phenoxy) is 1. The highest BCUT2D eigenvalue weighted by atomic mass is 16.6. The van der Waals surface area contributed by atoms with Gasteiger partial charge in [0, 0.05) is 37.7 Å². The van der Waals surface area contributed by atoms with Crippen LogP contribution in [0.4, 0.5) is 10.6 Å². The number of nitrogens with zero attached hydrogens (tertiary/aromatic N) is 4. The van der Waals surface area contributed by atoms with Crippen LogP contribution in [0, 0.1) is 6.92 Å². The zero-order valence-corrected chi connectivity index (χ0v) is 16.2. The number of anilines is 1. The lowest BCUT2D eigenvalue weighted by molar-refractivity contribution is -0.129. The number of aromatic nitrogens is 2. The van der Waals surface area contributed by atoms with E-state index in [1.807, 2.05) is 17.9 Å². The third-order valence-corrected chi connectivity index (χ3v) is 6.21. The molecule has 0 radical (unpaired) electrons. The Labute approximate surface area is 160 Å². The van der Waals surface area contributed by atoms with Crippen molar-refractivity contribution < 1.29 is 14.3 Å². The summed E-state index contributed by atoms with van der Waals surface area (Å²) < 4.78 is 5.80. The number of carbonyl (C=O) groups is 2. The fraction of sp³-hybridized carbons (Fsp3) is 0.700. The molecule has 0 unspecified atom stereocenters. The summed E-state index contributed by atoms with van der Waals surface area (Å²) in [5.41, 5.74) is 0.638. The Morgan fingerprint density at radius 3 is 2.56 bits per heavy atom. The van der Waals surface area contributed by atoms with E-state index in [4.69, 9.17) is 4.74 Å². The van der Waals surface area contributed by atoms with Crippen LogP contribution < -0.4 is 4.90 Å². The molecule has 1 aliphatic carbocycles. The predicted octanol–water partition coefficient (Wildman–Crippen LogP) is 3.17. The van der Waals surface area contributed by atoms with Crippen LogP contribution in [0.5, 0.6) is 0 Å². The minimum absolute atomic E-state index is 0.130. The summed E-state index contributed by atoms with van der Waals surface area (Å²) in [4.78, 5) is 36.9. The molecule has 27 heavy (non-hydrogen) atoms. The van der Waals surface area contributed by atoms with E-state index in [1.54, 1.807) is 11.8 Å². The van der Waals surface area contributed by atoms with E-state index in [2.05, 4.69) is 9.97 Å². The van der Waals surface area contributed by atoms with Gasteiger partial charge in [0.2, 0.25) is 5.91 Å². The average Bonchev–Trinajstić information content (AvgIpc) is 2.97. The highest BCUT2D eigenvalue weighted by Gasteiger charge is 2.46. The van der Waals surface area contributed by atoms with Crippen molar-refractivity contribution in [3.8, 4) is 0 Å². The van der Waals surface area contributed by atoms with Crippen molar-refractivity contribution in [1.82, 2.24) is 14.9 Å². The molecule has 0 bridgehead atoms. The Bertz CT molecular complexity index is 737. The van der Waals surface area contributed by atoms with Gasteiger partial charge >= 0.3 is 6.09 Å². The van der Waals surface area contributed by atoms with E-state index in [0.29, 0.717) is 24.1 Å². The first-order valence-corrected chi connectivity index (χ1v) is 10.1. The van der Waals surface area contributed by atoms with Gasteiger partial charge in [0.15, 0.2) is 0 Å². The molecular formula is C20H28N4O3. The van der Waals surface area contributed by atoms with Crippen LogP contribution >= 0.6 is 0 Å². The second kappa shape index (κ2) is 7.09. The molecule has 3 fully saturated rings. The molecule has 146 valence electrons. The van der Waals surface area contributed by atoms with Gasteiger partial charge < -0.3 is 9.64 Å². The highest BCUT2D eigenvalue weighted by Crippen LogP contribution is 2.39. The van der Waals surface area contributed by atoms with Crippen molar-refractivity contribution in [3.63, 3.8) is 0 Å². The molecule has 2 amide bonds. The molecule has 2 saturated heterocycles. The molecule has 2 aliphatic heterocycles. The lowest BCUT2D eigenvalue weighted by Gasteiger charge is -2.31. The standard InChI is InChI=1S/C20H28N4O3/c1-14-21-17(16-6-10-23(11-7-16)15(2)25)12-18(22-14)24-13-20(27-19(24)26)8-4-3-5-9-20/h12,16H,3-11,13H2,1-2H3. The van der Waals surface area contributed by atoms with E-state index in [-0.39, 0.29) is 17.6 Å². The van der Waals surface area contributed by atoms with Gasteiger partial charge in [-0.25, -0.2) is 14.8 Å². The van der Waals surface area contributed by atoms with Crippen LogP contribution in [0.3, 0.4) is 0 Å². The molecule has 3 aliphatic rings. The van der Waals surface area contributed by atoms with Gasteiger partial charge in [-0.1, -0.05) is 6.42 Å². The van der Waals surface area contributed by atoms with E-state index < -0.39 is 0 Å². The largest absolute Gasteiger partial charge is 0.441 e. The Morgan fingerprint density at radius 1 is 1.19 bits per heavy atom. The second-order valence-electron chi connectivity index (χ2n) is 8.18. The van der Waals surface area contributed by atoms with Crippen LogP contribution in [0.2, 0.25) is 0 Å². The molecule has 1 saturated carbocycles. The van der Waals surface area contributed by atoms with Gasteiger partial charge in [0.1, 0.15) is 17.2 Å². The van der Waals surface area contributed by atoms with Gasteiger partial charge in [0.25, 0.3) is 0 Å². The minimum atomic E-state index is -0.332.